The molecular weight excluding hydrogens is 460 g/mol. The summed E-state index contributed by atoms with van der Waals surface area (Å²) in [6.07, 6.45) is 0. The Morgan fingerprint density at radius 3 is 2.39 bits per heavy atom. The average molecular weight is 487 g/mol. The molecule has 184 valence electrons. The first-order valence-corrected chi connectivity index (χ1v) is 11.9. The van der Waals surface area contributed by atoms with Gasteiger partial charge in [-0.1, -0.05) is 30.3 Å². The summed E-state index contributed by atoms with van der Waals surface area (Å²) in [5.74, 6) is 0.520. The van der Waals surface area contributed by atoms with Crippen LogP contribution in [0, 0.1) is 12.8 Å². The molecule has 36 heavy (non-hydrogen) atoms. The quantitative estimate of drug-likeness (QED) is 0.409. The minimum atomic E-state index is -0.757. The Morgan fingerprint density at radius 2 is 1.67 bits per heavy atom. The van der Waals surface area contributed by atoms with E-state index in [9.17, 15) is 14.4 Å². The van der Waals surface area contributed by atoms with Gasteiger partial charge in [-0.2, -0.15) is 0 Å². The lowest BCUT2D eigenvalue weighted by molar-refractivity contribution is -0.0218. The van der Waals surface area contributed by atoms with E-state index in [-0.39, 0.29) is 17.2 Å². The molecule has 0 saturated carbocycles. The molecule has 2 aliphatic rings. The van der Waals surface area contributed by atoms with Gasteiger partial charge in [-0.25, -0.2) is 4.79 Å². The fourth-order valence-corrected chi connectivity index (χ4v) is 5.72. The Morgan fingerprint density at radius 1 is 0.944 bits per heavy atom. The Balaban J connectivity index is 1.72. The summed E-state index contributed by atoms with van der Waals surface area (Å²) < 4.78 is 21.3. The van der Waals surface area contributed by atoms with Crippen molar-refractivity contribution < 1.29 is 13.9 Å². The van der Waals surface area contributed by atoms with Crippen molar-refractivity contribution in [2.24, 2.45) is 20.0 Å². The van der Waals surface area contributed by atoms with Gasteiger partial charge in [0.05, 0.1) is 23.1 Å². The molecule has 0 fully saturated rings. The van der Waals surface area contributed by atoms with Crippen LogP contribution in [0.1, 0.15) is 36.7 Å². The molecule has 0 amide bonds. The van der Waals surface area contributed by atoms with Gasteiger partial charge in [0.2, 0.25) is 11.3 Å². The Bertz CT molecular complexity index is 1740. The normalized spacial score (nSPS) is 19.6. The molecule has 4 aromatic rings. The molecule has 2 aliphatic heterocycles. The lowest BCUT2D eigenvalue weighted by Gasteiger charge is -2.47. The summed E-state index contributed by atoms with van der Waals surface area (Å²) in [6.45, 7) is 5.93. The fourth-order valence-electron chi connectivity index (χ4n) is 5.72. The first kappa shape index (κ1) is 22.4. The van der Waals surface area contributed by atoms with Gasteiger partial charge >= 0.3 is 5.69 Å². The molecule has 4 heterocycles. The van der Waals surface area contributed by atoms with Crippen molar-refractivity contribution in [3.8, 4) is 22.8 Å². The predicted octanol–water partition coefficient (Wildman–Crippen LogP) is 3.48. The summed E-state index contributed by atoms with van der Waals surface area (Å²) in [4.78, 5) is 40.0. The second kappa shape index (κ2) is 7.46. The maximum Gasteiger partial charge on any atom is 0.333 e. The van der Waals surface area contributed by atoms with E-state index in [2.05, 4.69) is 0 Å². The van der Waals surface area contributed by atoms with Gasteiger partial charge in [-0.05, 0) is 38.5 Å². The van der Waals surface area contributed by atoms with E-state index in [0.717, 1.165) is 10.1 Å². The smallest absolute Gasteiger partial charge is 0.333 e. The second-order valence-corrected chi connectivity index (χ2v) is 10.1. The van der Waals surface area contributed by atoms with Crippen molar-refractivity contribution in [3.05, 3.63) is 90.4 Å². The maximum absolute atomic E-state index is 13.8. The number of fused-ring (bicyclic) bond motifs is 7. The van der Waals surface area contributed by atoms with Crippen LogP contribution in [0.3, 0.4) is 0 Å². The third kappa shape index (κ3) is 2.90. The molecule has 0 N–H and O–H groups in total. The van der Waals surface area contributed by atoms with Gasteiger partial charge in [0.1, 0.15) is 22.7 Å². The van der Waals surface area contributed by atoms with Crippen LogP contribution in [0.25, 0.3) is 22.1 Å². The van der Waals surface area contributed by atoms with E-state index < -0.39 is 22.8 Å². The van der Waals surface area contributed by atoms with Gasteiger partial charge in [-0.15, -0.1) is 0 Å². The monoisotopic (exact) mass is 486 g/mol. The van der Waals surface area contributed by atoms with Gasteiger partial charge in [0.15, 0.2) is 0 Å². The van der Waals surface area contributed by atoms with Gasteiger partial charge in [0.25, 0.3) is 5.56 Å². The second-order valence-electron chi connectivity index (χ2n) is 10.1. The van der Waals surface area contributed by atoms with Crippen LogP contribution < -0.4 is 26.2 Å². The van der Waals surface area contributed by atoms with Crippen LogP contribution in [0.5, 0.6) is 11.6 Å². The van der Waals surface area contributed by atoms with Crippen LogP contribution >= 0.6 is 0 Å². The predicted molar refractivity (Wildman–Crippen MR) is 135 cm³/mol. The van der Waals surface area contributed by atoms with Crippen molar-refractivity contribution in [1.29, 1.82) is 0 Å². The van der Waals surface area contributed by atoms with E-state index in [1.165, 1.54) is 11.6 Å². The molecule has 0 radical (unpaired) electrons. The molecule has 2 atom stereocenters. The van der Waals surface area contributed by atoms with Crippen molar-refractivity contribution in [2.45, 2.75) is 32.3 Å². The Kier molecular flexibility index (Phi) is 4.64. The van der Waals surface area contributed by atoms with E-state index in [1.807, 2.05) is 44.2 Å². The summed E-state index contributed by atoms with van der Waals surface area (Å²) in [5, 5.41) is 0.412. The molecule has 0 spiro atoms. The van der Waals surface area contributed by atoms with Crippen molar-refractivity contribution in [2.75, 3.05) is 6.61 Å². The maximum atomic E-state index is 13.8. The van der Waals surface area contributed by atoms with E-state index in [1.54, 1.807) is 26.1 Å². The highest BCUT2D eigenvalue weighted by Gasteiger charge is 2.51. The molecule has 0 saturated heterocycles. The van der Waals surface area contributed by atoms with Crippen LogP contribution in [-0.2, 0) is 14.1 Å². The summed E-state index contributed by atoms with van der Waals surface area (Å²) in [5.41, 5.74) is 0.879. The standard InChI is InChI=1S/C28H26N2O6/c1-14-19(15-9-7-6-8-10-15)23(31)16-11-12-18-21(24(16)35-14)20-17(13-34-18)28(2,3)36-26-22(20)25(32)29(4)27(33)30(26)5/h6-12,17,20H,13H2,1-5H3/t17-,20-/m0/s1. The number of aromatic nitrogens is 2. The van der Waals surface area contributed by atoms with E-state index >= 15 is 0 Å². The minimum absolute atomic E-state index is 0.148. The van der Waals surface area contributed by atoms with Gasteiger partial charge in [-0.3, -0.25) is 18.7 Å². The average Bonchev–Trinajstić information content (AvgIpc) is 2.86. The molecule has 8 nitrogen and oxygen atoms in total. The molecule has 8 heteroatoms. The number of nitrogens with zero attached hydrogens (tertiary/aromatic N) is 2. The molecule has 6 rings (SSSR count). The molecule has 2 aromatic carbocycles. The Hall–Kier alpha value is -4.07. The molecule has 2 aromatic heterocycles. The van der Waals surface area contributed by atoms with Gasteiger partial charge in [0, 0.05) is 31.5 Å². The number of aryl methyl sites for hydroxylation is 1. The third-order valence-corrected chi connectivity index (χ3v) is 7.64. The number of hydrogen-bond acceptors (Lipinski definition) is 6. The highest BCUT2D eigenvalue weighted by Crippen LogP contribution is 2.52. The summed E-state index contributed by atoms with van der Waals surface area (Å²) >= 11 is 0. The highest BCUT2D eigenvalue weighted by atomic mass is 16.5. The summed E-state index contributed by atoms with van der Waals surface area (Å²) in [6, 6.07) is 12.9. The first-order valence-electron chi connectivity index (χ1n) is 11.9. The van der Waals surface area contributed by atoms with Gasteiger partial charge < -0.3 is 13.9 Å². The molecular formula is C28H26N2O6. The lowest BCUT2D eigenvalue weighted by Crippen LogP contribution is -2.54. The zero-order valence-electron chi connectivity index (χ0n) is 20.7. The zero-order chi connectivity index (χ0) is 25.5. The summed E-state index contributed by atoms with van der Waals surface area (Å²) in [7, 11) is 3.05. The molecule has 0 aliphatic carbocycles. The van der Waals surface area contributed by atoms with E-state index in [4.69, 9.17) is 13.9 Å². The molecule has 0 bridgehead atoms. The highest BCUT2D eigenvalue weighted by molar-refractivity contribution is 5.88. The minimum Gasteiger partial charge on any atom is -0.493 e. The zero-order valence-corrected chi connectivity index (χ0v) is 20.7. The largest absolute Gasteiger partial charge is 0.493 e. The topological polar surface area (TPSA) is 92.7 Å². The van der Waals surface area contributed by atoms with Crippen molar-refractivity contribution in [3.63, 3.8) is 0 Å². The number of rotatable bonds is 1. The number of ether oxygens (including phenoxy) is 2. The van der Waals surface area contributed by atoms with Crippen molar-refractivity contribution in [1.82, 2.24) is 9.13 Å². The Labute approximate surface area is 206 Å². The lowest BCUT2D eigenvalue weighted by atomic mass is 9.70. The fraction of sp³-hybridized carbons (Fsp3) is 0.321. The van der Waals surface area contributed by atoms with Crippen LogP contribution in [0.4, 0.5) is 0 Å². The number of hydrogen-bond donors (Lipinski definition) is 0. The van der Waals surface area contributed by atoms with Crippen molar-refractivity contribution >= 4 is 11.0 Å². The van der Waals surface area contributed by atoms with E-state index in [0.29, 0.717) is 45.8 Å². The molecule has 0 unspecified atom stereocenters. The van der Waals surface area contributed by atoms with Crippen LogP contribution in [0.2, 0.25) is 0 Å². The number of benzene rings is 2. The van der Waals surface area contributed by atoms with Crippen LogP contribution in [0.15, 0.2) is 61.3 Å². The first-order chi connectivity index (χ1) is 17.1. The third-order valence-electron chi connectivity index (χ3n) is 7.64. The van der Waals surface area contributed by atoms with Crippen LogP contribution in [-0.4, -0.2) is 21.3 Å². The SMILES string of the molecule is Cc1oc2c3c(ccc2c(=O)c1-c1ccccc1)OC[C@H]1[C@@H]3c2c(n(C)c(=O)n(C)c2=O)OC1(C)C.